The summed E-state index contributed by atoms with van der Waals surface area (Å²) in [5, 5.41) is 11.5. The SMILES string of the molecule is O=C(O)[C@@H]1CCCN1C(=O)NCP(=O)(O)CCCCc1ccccc1. The molecule has 0 radical (unpaired) electrons. The topological polar surface area (TPSA) is 107 Å². The highest BCUT2D eigenvalue weighted by atomic mass is 31.2. The smallest absolute Gasteiger partial charge is 0.326 e. The number of carbonyl (C=O) groups excluding carboxylic acids is 1. The molecule has 8 heteroatoms. The third-order valence-corrected chi connectivity index (χ3v) is 6.01. The number of rotatable bonds is 8. The van der Waals surface area contributed by atoms with E-state index >= 15 is 0 Å². The summed E-state index contributed by atoms with van der Waals surface area (Å²) in [6.07, 6.45) is 3.11. The molecular weight excluding hydrogens is 343 g/mol. The van der Waals surface area contributed by atoms with Gasteiger partial charge in [0.25, 0.3) is 0 Å². The van der Waals surface area contributed by atoms with E-state index in [0.717, 1.165) is 12.8 Å². The molecule has 0 spiro atoms. The number of nitrogens with one attached hydrogen (secondary N) is 1. The van der Waals surface area contributed by atoms with Crippen molar-refractivity contribution in [3.8, 4) is 0 Å². The van der Waals surface area contributed by atoms with Crippen molar-refractivity contribution in [1.29, 1.82) is 0 Å². The van der Waals surface area contributed by atoms with Crippen LogP contribution in [0, 0.1) is 0 Å². The van der Waals surface area contributed by atoms with Gasteiger partial charge in [-0.1, -0.05) is 30.3 Å². The van der Waals surface area contributed by atoms with E-state index in [1.807, 2.05) is 30.3 Å². The zero-order valence-corrected chi connectivity index (χ0v) is 15.0. The summed E-state index contributed by atoms with van der Waals surface area (Å²) in [5.41, 5.74) is 1.19. The molecule has 3 N–H and O–H groups in total. The second-order valence-electron chi connectivity index (χ2n) is 6.34. The van der Waals surface area contributed by atoms with Crippen LogP contribution in [0.1, 0.15) is 31.2 Å². The van der Waals surface area contributed by atoms with Crippen LogP contribution in [0.2, 0.25) is 0 Å². The summed E-state index contributed by atoms with van der Waals surface area (Å²) >= 11 is 0. The number of carboxylic acids is 1. The van der Waals surface area contributed by atoms with Crippen LogP contribution in [0.25, 0.3) is 0 Å². The molecule has 0 bridgehead atoms. The van der Waals surface area contributed by atoms with Crippen LogP contribution in [0.5, 0.6) is 0 Å². The van der Waals surface area contributed by atoms with E-state index in [4.69, 9.17) is 5.11 Å². The fourth-order valence-corrected chi connectivity index (χ4v) is 4.23. The molecule has 0 aromatic heterocycles. The van der Waals surface area contributed by atoms with E-state index in [1.54, 1.807) is 0 Å². The van der Waals surface area contributed by atoms with Gasteiger partial charge in [-0.3, -0.25) is 4.57 Å². The van der Waals surface area contributed by atoms with Crippen LogP contribution < -0.4 is 5.32 Å². The Labute approximate surface area is 147 Å². The molecule has 1 saturated heterocycles. The summed E-state index contributed by atoms with van der Waals surface area (Å²) in [4.78, 5) is 34.3. The number of unbranched alkanes of at least 4 members (excludes halogenated alkanes) is 1. The van der Waals surface area contributed by atoms with E-state index in [1.165, 1.54) is 10.5 Å². The predicted molar refractivity (Wildman–Crippen MR) is 94.8 cm³/mol. The van der Waals surface area contributed by atoms with Crippen LogP contribution in [0.4, 0.5) is 4.79 Å². The van der Waals surface area contributed by atoms with E-state index in [0.29, 0.717) is 25.8 Å². The first-order chi connectivity index (χ1) is 11.9. The summed E-state index contributed by atoms with van der Waals surface area (Å²) in [7, 11) is -3.46. The highest BCUT2D eigenvalue weighted by Crippen LogP contribution is 2.40. The Morgan fingerprint density at radius 2 is 1.96 bits per heavy atom. The standard InChI is InChI=1S/C17H25N2O5P/c20-16(21)15-10-6-11-19(15)17(22)18-13-25(23,24)12-5-4-9-14-7-2-1-3-8-14/h1-3,7-8,15H,4-6,9-13H2,(H,18,22)(H,20,21)(H,23,24)/t15-/m0/s1. The molecule has 2 atom stereocenters. The first-order valence-electron chi connectivity index (χ1n) is 8.51. The number of nitrogens with zero attached hydrogens (tertiary/aromatic N) is 1. The van der Waals surface area contributed by atoms with Gasteiger partial charge < -0.3 is 20.2 Å². The minimum Gasteiger partial charge on any atom is -0.480 e. The maximum atomic E-state index is 12.2. The normalized spacial score (nSPS) is 19.4. The molecule has 1 fully saturated rings. The van der Waals surface area contributed by atoms with E-state index in [2.05, 4.69) is 5.32 Å². The number of likely N-dealkylation sites (tertiary alicyclic amines) is 1. The molecule has 1 aromatic rings. The van der Waals surface area contributed by atoms with Crippen molar-refractivity contribution in [1.82, 2.24) is 10.2 Å². The number of benzene rings is 1. The van der Waals surface area contributed by atoms with Gasteiger partial charge in [0.1, 0.15) is 6.04 Å². The first kappa shape index (κ1) is 19.5. The van der Waals surface area contributed by atoms with Gasteiger partial charge >= 0.3 is 12.0 Å². The van der Waals surface area contributed by atoms with Crippen molar-refractivity contribution in [3.63, 3.8) is 0 Å². The summed E-state index contributed by atoms with van der Waals surface area (Å²) in [6.45, 7) is 0.357. The van der Waals surface area contributed by atoms with Crippen molar-refractivity contribution in [3.05, 3.63) is 35.9 Å². The largest absolute Gasteiger partial charge is 0.480 e. The Kier molecular flexibility index (Phi) is 7.02. The third kappa shape index (κ3) is 6.18. The Hall–Kier alpha value is -1.85. The number of aryl methyl sites for hydroxylation is 1. The predicted octanol–water partition coefficient (Wildman–Crippen LogP) is 2.50. The number of hydrogen-bond donors (Lipinski definition) is 3. The maximum Gasteiger partial charge on any atom is 0.326 e. The highest BCUT2D eigenvalue weighted by Gasteiger charge is 2.34. The quantitative estimate of drug-likeness (QED) is 0.483. The van der Waals surface area contributed by atoms with Crippen LogP contribution >= 0.6 is 7.37 Å². The Morgan fingerprint density at radius 3 is 2.64 bits per heavy atom. The van der Waals surface area contributed by atoms with Gasteiger partial charge in [0.15, 0.2) is 0 Å². The van der Waals surface area contributed by atoms with Crippen LogP contribution in [0.3, 0.4) is 0 Å². The molecule has 1 heterocycles. The van der Waals surface area contributed by atoms with E-state index in [-0.39, 0.29) is 12.4 Å². The summed E-state index contributed by atoms with van der Waals surface area (Å²) in [6, 6.07) is 8.49. The van der Waals surface area contributed by atoms with Crippen LogP contribution in [0.15, 0.2) is 30.3 Å². The van der Waals surface area contributed by atoms with E-state index < -0.39 is 25.4 Å². The zero-order chi connectivity index (χ0) is 18.3. The van der Waals surface area contributed by atoms with E-state index in [9.17, 15) is 19.0 Å². The van der Waals surface area contributed by atoms with Gasteiger partial charge in [-0.15, -0.1) is 0 Å². The van der Waals surface area contributed by atoms with Crippen molar-refractivity contribution in [2.75, 3.05) is 19.0 Å². The van der Waals surface area contributed by atoms with Crippen LogP contribution in [-0.2, 0) is 15.8 Å². The minimum absolute atomic E-state index is 0.141. The van der Waals surface area contributed by atoms with Gasteiger partial charge in [-0.25, -0.2) is 9.59 Å². The van der Waals surface area contributed by atoms with Crippen molar-refractivity contribution in [2.24, 2.45) is 0 Å². The molecule has 1 aliphatic heterocycles. The van der Waals surface area contributed by atoms with Gasteiger partial charge in [-0.2, -0.15) is 0 Å². The van der Waals surface area contributed by atoms with Crippen molar-refractivity contribution < 1.29 is 24.2 Å². The van der Waals surface area contributed by atoms with Crippen molar-refractivity contribution in [2.45, 2.75) is 38.1 Å². The number of aliphatic carboxylic acids is 1. The fraction of sp³-hybridized carbons (Fsp3) is 0.529. The molecule has 2 amide bonds. The van der Waals surface area contributed by atoms with Gasteiger partial charge in [0, 0.05) is 12.7 Å². The highest BCUT2D eigenvalue weighted by molar-refractivity contribution is 7.57. The molecular formula is C17H25N2O5P. The number of hydrogen-bond acceptors (Lipinski definition) is 3. The summed E-state index contributed by atoms with van der Waals surface area (Å²) in [5.74, 6) is -1.04. The summed E-state index contributed by atoms with van der Waals surface area (Å²) < 4.78 is 12.2. The number of carboxylic acid groups (broad SMARTS) is 1. The lowest BCUT2D eigenvalue weighted by molar-refractivity contribution is -0.141. The van der Waals surface area contributed by atoms with Crippen LogP contribution in [-0.4, -0.2) is 51.9 Å². The third-order valence-electron chi connectivity index (χ3n) is 4.34. The van der Waals surface area contributed by atoms with Gasteiger partial charge in [0.2, 0.25) is 7.37 Å². The Morgan fingerprint density at radius 1 is 1.24 bits per heavy atom. The fourth-order valence-electron chi connectivity index (χ4n) is 2.97. The Bertz CT molecular complexity index is 637. The van der Waals surface area contributed by atoms with Gasteiger partial charge in [0.05, 0.1) is 6.29 Å². The average molecular weight is 368 g/mol. The Balaban J connectivity index is 1.70. The first-order valence-corrected chi connectivity index (χ1v) is 10.5. The molecule has 25 heavy (non-hydrogen) atoms. The zero-order valence-electron chi connectivity index (χ0n) is 14.1. The number of amides is 2. The molecule has 7 nitrogen and oxygen atoms in total. The van der Waals surface area contributed by atoms with Gasteiger partial charge in [-0.05, 0) is 37.7 Å². The molecule has 0 aliphatic carbocycles. The number of carbonyl (C=O) groups is 2. The molecule has 0 saturated carbocycles. The second-order valence-corrected chi connectivity index (χ2v) is 8.80. The average Bonchev–Trinajstić information content (AvgIpc) is 3.08. The number of urea groups is 1. The molecule has 2 rings (SSSR count). The minimum atomic E-state index is -3.46. The monoisotopic (exact) mass is 368 g/mol. The van der Waals surface area contributed by atoms with Crippen molar-refractivity contribution >= 4 is 19.4 Å². The molecule has 1 aromatic carbocycles. The molecule has 1 unspecified atom stereocenters. The molecule has 138 valence electrons. The molecule has 1 aliphatic rings. The lowest BCUT2D eigenvalue weighted by Crippen LogP contribution is -2.46. The lowest BCUT2D eigenvalue weighted by atomic mass is 10.1. The maximum absolute atomic E-state index is 12.2. The lowest BCUT2D eigenvalue weighted by Gasteiger charge is -2.22. The second kappa shape index (κ2) is 9.02.